The van der Waals surface area contributed by atoms with Crippen LogP contribution in [0.3, 0.4) is 0 Å². The van der Waals surface area contributed by atoms with E-state index in [-0.39, 0.29) is 18.1 Å². The molecule has 4 rings (SSSR count). The van der Waals surface area contributed by atoms with E-state index in [1.54, 1.807) is 0 Å². The van der Waals surface area contributed by atoms with E-state index in [1.165, 1.54) is 34.4 Å². The highest BCUT2D eigenvalue weighted by Gasteiger charge is 2.29. The lowest BCUT2D eigenvalue weighted by Gasteiger charge is -2.21. The van der Waals surface area contributed by atoms with Crippen molar-refractivity contribution >= 4 is 17.9 Å². The van der Waals surface area contributed by atoms with E-state index < -0.39 is 12.1 Å². The van der Waals surface area contributed by atoms with Crippen molar-refractivity contribution in [2.45, 2.75) is 12.8 Å². The molecular weight excluding hydrogens is 368 g/mol. The fourth-order valence-electron chi connectivity index (χ4n) is 3.73. The second-order valence-electron chi connectivity index (χ2n) is 6.76. The van der Waals surface area contributed by atoms with Crippen molar-refractivity contribution in [3.05, 3.63) is 83.6 Å². The molecule has 1 aromatic heterocycles. The molecule has 0 radical (unpaired) electrons. The number of rotatable bonds is 5. The predicted octanol–water partition coefficient (Wildman–Crippen LogP) is 4.56. The zero-order valence-corrected chi connectivity index (χ0v) is 15.9. The smallest absolute Gasteiger partial charge is 0.415 e. The van der Waals surface area contributed by atoms with Gasteiger partial charge in [0.2, 0.25) is 0 Å². The van der Waals surface area contributed by atoms with Gasteiger partial charge in [-0.1, -0.05) is 48.5 Å². The zero-order chi connectivity index (χ0) is 20.4. The molecule has 1 N–H and O–H groups in total. The van der Waals surface area contributed by atoms with Gasteiger partial charge in [-0.3, -0.25) is 4.90 Å². The summed E-state index contributed by atoms with van der Waals surface area (Å²) in [6.07, 6.45) is 0.724. The van der Waals surface area contributed by atoms with Crippen molar-refractivity contribution in [1.29, 1.82) is 0 Å². The number of fused-ring (bicyclic) bond motifs is 3. The van der Waals surface area contributed by atoms with Crippen LogP contribution < -0.4 is 4.90 Å². The number of benzene rings is 2. The second kappa shape index (κ2) is 7.75. The summed E-state index contributed by atoms with van der Waals surface area (Å²) in [5, 5.41) is 9.00. The number of amides is 1. The van der Waals surface area contributed by atoms with Gasteiger partial charge in [-0.05, 0) is 41.3 Å². The van der Waals surface area contributed by atoms with Gasteiger partial charge in [0.15, 0.2) is 0 Å². The van der Waals surface area contributed by atoms with Crippen molar-refractivity contribution in [2.24, 2.45) is 0 Å². The number of carboxylic acids is 1. The van der Waals surface area contributed by atoms with Crippen LogP contribution >= 0.6 is 0 Å². The summed E-state index contributed by atoms with van der Waals surface area (Å²) in [5.41, 5.74) is 4.70. The van der Waals surface area contributed by atoms with Crippen molar-refractivity contribution in [3.8, 4) is 11.1 Å². The van der Waals surface area contributed by atoms with Crippen molar-refractivity contribution < 1.29 is 19.4 Å². The molecule has 0 fully saturated rings. The van der Waals surface area contributed by atoms with E-state index in [0.29, 0.717) is 12.4 Å². The van der Waals surface area contributed by atoms with Gasteiger partial charge in [-0.15, -0.1) is 0 Å². The summed E-state index contributed by atoms with van der Waals surface area (Å²) < 4.78 is 5.66. The third-order valence-corrected chi connectivity index (χ3v) is 5.14. The standard InChI is InChI=1S/C23H20N2O4/c1-2-25(21-12-11-15(13-24-21)22(26)27)23(28)29-14-20-18-9-5-3-7-16(18)17-8-4-6-10-19(17)20/h3-13,20H,2,14H2,1H3,(H,26,27). The van der Waals surface area contributed by atoms with Crippen LogP contribution in [0.2, 0.25) is 0 Å². The average Bonchev–Trinajstić information content (AvgIpc) is 3.07. The van der Waals surface area contributed by atoms with Crippen LogP contribution in [-0.4, -0.2) is 35.3 Å². The molecule has 1 aliphatic rings. The number of hydrogen-bond donors (Lipinski definition) is 1. The predicted molar refractivity (Wildman–Crippen MR) is 109 cm³/mol. The van der Waals surface area contributed by atoms with Crippen molar-refractivity contribution in [3.63, 3.8) is 0 Å². The monoisotopic (exact) mass is 388 g/mol. The van der Waals surface area contributed by atoms with Crippen LogP contribution in [-0.2, 0) is 4.74 Å². The number of carbonyl (C=O) groups excluding carboxylic acids is 1. The van der Waals surface area contributed by atoms with Gasteiger partial charge in [0.05, 0.1) is 5.56 Å². The van der Waals surface area contributed by atoms with Gasteiger partial charge in [0.1, 0.15) is 12.4 Å². The summed E-state index contributed by atoms with van der Waals surface area (Å²) in [6, 6.07) is 19.2. The molecule has 0 unspecified atom stereocenters. The highest BCUT2D eigenvalue weighted by Crippen LogP contribution is 2.44. The highest BCUT2D eigenvalue weighted by atomic mass is 16.6. The Hall–Kier alpha value is -3.67. The summed E-state index contributed by atoms with van der Waals surface area (Å²) >= 11 is 0. The van der Waals surface area contributed by atoms with Gasteiger partial charge in [0.25, 0.3) is 0 Å². The maximum absolute atomic E-state index is 12.7. The van der Waals surface area contributed by atoms with Crippen molar-refractivity contribution in [1.82, 2.24) is 4.98 Å². The molecule has 0 saturated heterocycles. The summed E-state index contributed by atoms with van der Waals surface area (Å²) in [5.74, 6) is -0.727. The van der Waals surface area contributed by atoms with Gasteiger partial charge in [-0.2, -0.15) is 0 Å². The minimum absolute atomic E-state index is 0.0209. The molecule has 0 atom stereocenters. The Kier molecular flexibility index (Phi) is 4.99. The summed E-state index contributed by atoms with van der Waals surface area (Å²) in [4.78, 5) is 29.2. The lowest BCUT2D eigenvalue weighted by atomic mass is 9.98. The maximum atomic E-state index is 12.7. The fourth-order valence-corrected chi connectivity index (χ4v) is 3.73. The van der Waals surface area contributed by atoms with E-state index in [0.717, 1.165) is 11.1 Å². The van der Waals surface area contributed by atoms with E-state index in [9.17, 15) is 9.59 Å². The summed E-state index contributed by atoms with van der Waals surface area (Å²) in [6.45, 7) is 2.39. The first-order valence-corrected chi connectivity index (χ1v) is 9.42. The van der Waals surface area contributed by atoms with Crippen molar-refractivity contribution in [2.75, 3.05) is 18.1 Å². The SMILES string of the molecule is CCN(C(=O)OCC1c2ccccc2-c2ccccc21)c1ccc(C(=O)O)cn1. The molecule has 146 valence electrons. The Morgan fingerprint density at radius 1 is 1.00 bits per heavy atom. The number of hydrogen-bond acceptors (Lipinski definition) is 4. The molecular formula is C23H20N2O4. The lowest BCUT2D eigenvalue weighted by Crippen LogP contribution is -2.33. The average molecular weight is 388 g/mol. The van der Waals surface area contributed by atoms with Crippen LogP contribution in [0.15, 0.2) is 66.9 Å². The normalized spacial score (nSPS) is 12.2. The van der Waals surface area contributed by atoms with Crippen LogP contribution in [0.5, 0.6) is 0 Å². The minimum atomic E-state index is -1.06. The van der Waals surface area contributed by atoms with Crippen LogP contribution in [0.25, 0.3) is 11.1 Å². The number of aromatic carboxylic acids is 1. The topological polar surface area (TPSA) is 79.7 Å². The van der Waals surface area contributed by atoms with E-state index >= 15 is 0 Å². The molecule has 0 saturated carbocycles. The van der Waals surface area contributed by atoms with Gasteiger partial charge >= 0.3 is 12.1 Å². The molecule has 1 heterocycles. The number of nitrogens with zero attached hydrogens (tertiary/aromatic N) is 2. The largest absolute Gasteiger partial charge is 0.478 e. The summed E-state index contributed by atoms with van der Waals surface area (Å²) in [7, 11) is 0. The number of pyridine rings is 1. The third-order valence-electron chi connectivity index (χ3n) is 5.14. The first-order valence-electron chi connectivity index (χ1n) is 9.42. The molecule has 0 spiro atoms. The quantitative estimate of drug-likeness (QED) is 0.693. The first-order chi connectivity index (χ1) is 14.1. The number of aromatic nitrogens is 1. The Bertz CT molecular complexity index is 1020. The molecule has 3 aromatic rings. The molecule has 6 heteroatoms. The van der Waals surface area contributed by atoms with E-state index in [1.807, 2.05) is 31.2 Å². The Balaban J connectivity index is 1.52. The molecule has 6 nitrogen and oxygen atoms in total. The Morgan fingerprint density at radius 2 is 1.62 bits per heavy atom. The first kappa shape index (κ1) is 18.7. The molecule has 0 aliphatic heterocycles. The maximum Gasteiger partial charge on any atom is 0.415 e. The van der Waals surface area contributed by atoms with Crippen LogP contribution in [0, 0.1) is 0 Å². The number of anilines is 1. The highest BCUT2D eigenvalue weighted by molar-refractivity contribution is 5.89. The van der Waals surface area contributed by atoms with Crippen LogP contribution in [0.4, 0.5) is 10.6 Å². The molecule has 1 aliphatic carbocycles. The van der Waals surface area contributed by atoms with Gasteiger partial charge in [0, 0.05) is 18.7 Å². The molecule has 1 amide bonds. The van der Waals surface area contributed by atoms with Crippen LogP contribution in [0.1, 0.15) is 34.3 Å². The zero-order valence-electron chi connectivity index (χ0n) is 15.9. The Labute approximate surface area is 168 Å². The Morgan fingerprint density at radius 3 is 2.14 bits per heavy atom. The molecule has 2 aromatic carbocycles. The van der Waals surface area contributed by atoms with Gasteiger partial charge < -0.3 is 9.84 Å². The van der Waals surface area contributed by atoms with E-state index in [2.05, 4.69) is 29.2 Å². The number of carboxylic acid groups (broad SMARTS) is 1. The number of carbonyl (C=O) groups is 2. The third kappa shape index (κ3) is 3.45. The number of ether oxygens (including phenoxy) is 1. The lowest BCUT2D eigenvalue weighted by molar-refractivity contribution is 0.0696. The van der Waals surface area contributed by atoms with E-state index in [4.69, 9.17) is 9.84 Å². The molecule has 0 bridgehead atoms. The second-order valence-corrected chi connectivity index (χ2v) is 6.76. The van der Waals surface area contributed by atoms with Gasteiger partial charge in [-0.25, -0.2) is 14.6 Å². The minimum Gasteiger partial charge on any atom is -0.478 e. The fraction of sp³-hybridized carbons (Fsp3) is 0.174. The molecule has 29 heavy (non-hydrogen) atoms.